The van der Waals surface area contributed by atoms with Crippen molar-refractivity contribution < 1.29 is 62.8 Å². The van der Waals surface area contributed by atoms with Crippen LogP contribution in [-0.4, -0.2) is 96.4 Å². The number of hydrogen-bond donors (Lipinski definition) is 3. The minimum absolute atomic E-state index is 0.0139. The Kier molecular flexibility index (Phi) is 11.0. The van der Waals surface area contributed by atoms with E-state index in [0.717, 1.165) is 11.6 Å². The van der Waals surface area contributed by atoms with E-state index in [1.165, 1.54) is 13.2 Å². The molecule has 0 amide bonds. The molecular weight excluding hydrogens is 664 g/mol. The molecule has 3 saturated heterocycles. The van der Waals surface area contributed by atoms with Gasteiger partial charge in [0.05, 0.1) is 50.7 Å². The van der Waals surface area contributed by atoms with Crippen LogP contribution in [0.1, 0.15) is 87.1 Å². The summed E-state index contributed by atoms with van der Waals surface area (Å²) in [6.45, 7) is 11.9. The van der Waals surface area contributed by atoms with Crippen LogP contribution >= 0.6 is 0 Å². The van der Waals surface area contributed by atoms with Crippen LogP contribution in [0.15, 0.2) is 42.5 Å². The van der Waals surface area contributed by atoms with Crippen molar-refractivity contribution in [3.8, 4) is 23.0 Å². The molecule has 0 aliphatic carbocycles. The van der Waals surface area contributed by atoms with Crippen LogP contribution in [0.3, 0.4) is 0 Å². The highest BCUT2D eigenvalue weighted by Gasteiger charge is 2.48. The standard InChI is InChI=1S/C38H48O13/c1-19(9-31-25(40)10-20(2)21(3)48-31)16-45-28-8-7-22(29-14-27(42)36-26(41)12-23(39)13-32(36)49-29)11-24(28)30-15-33(46-18-35(43)44-6)37-34(50-30)17-47-38(4,5)51-37/h7-8,11-13,20-21,25,29-31,33-34,37,39-41H,1,9-10,14-18H2,2-6H3/t20?,21-,25?,29?,30?,31?,33?,34?,37?/m0/s1. The number of rotatable bonds is 10. The molecule has 0 aromatic heterocycles. The van der Waals surface area contributed by atoms with Crippen molar-refractivity contribution in [3.63, 3.8) is 0 Å². The molecule has 0 radical (unpaired) electrons. The Morgan fingerprint density at radius 2 is 1.84 bits per heavy atom. The molecule has 0 spiro atoms. The zero-order valence-electron chi connectivity index (χ0n) is 29.7. The zero-order valence-corrected chi connectivity index (χ0v) is 29.7. The number of fused-ring (bicyclic) bond motifs is 2. The lowest BCUT2D eigenvalue weighted by molar-refractivity contribution is -0.348. The first kappa shape index (κ1) is 37.1. The molecule has 4 aliphatic rings. The lowest BCUT2D eigenvalue weighted by Gasteiger charge is -2.48. The highest BCUT2D eigenvalue weighted by atomic mass is 16.7. The lowest BCUT2D eigenvalue weighted by atomic mass is 9.89. The number of ether oxygens (including phenoxy) is 8. The summed E-state index contributed by atoms with van der Waals surface area (Å²) in [4.78, 5) is 25.3. The Morgan fingerprint density at radius 1 is 1.06 bits per heavy atom. The number of Topliss-reactive ketones (excluding diaryl/α,β-unsaturated/α-hetero) is 1. The minimum atomic E-state index is -0.895. The third-order valence-corrected chi connectivity index (χ3v) is 10.1. The van der Waals surface area contributed by atoms with E-state index in [9.17, 15) is 24.9 Å². The molecule has 278 valence electrons. The summed E-state index contributed by atoms with van der Waals surface area (Å²) in [6.07, 6.45) is -2.74. The van der Waals surface area contributed by atoms with Crippen LogP contribution < -0.4 is 9.47 Å². The van der Waals surface area contributed by atoms with Gasteiger partial charge in [0.1, 0.15) is 60.1 Å². The van der Waals surface area contributed by atoms with E-state index in [-0.39, 0.29) is 73.3 Å². The van der Waals surface area contributed by atoms with Crippen LogP contribution in [-0.2, 0) is 33.2 Å². The molecule has 2 aromatic carbocycles. The Hall–Kier alpha value is -3.72. The second-order valence-corrected chi connectivity index (χ2v) is 14.4. The van der Waals surface area contributed by atoms with Crippen LogP contribution in [0, 0.1) is 5.92 Å². The van der Waals surface area contributed by atoms with E-state index in [2.05, 4.69) is 13.5 Å². The summed E-state index contributed by atoms with van der Waals surface area (Å²) in [5.74, 6) is -1.53. The van der Waals surface area contributed by atoms with Crippen molar-refractivity contribution >= 4 is 11.8 Å². The molecule has 9 atom stereocenters. The third kappa shape index (κ3) is 8.34. The number of hydrogen-bond acceptors (Lipinski definition) is 13. The number of esters is 1. The van der Waals surface area contributed by atoms with Crippen molar-refractivity contribution in [2.45, 2.75) is 108 Å². The van der Waals surface area contributed by atoms with Gasteiger partial charge in [0.25, 0.3) is 0 Å². The van der Waals surface area contributed by atoms with E-state index in [1.54, 1.807) is 26.0 Å². The van der Waals surface area contributed by atoms with Crippen LogP contribution in [0.2, 0.25) is 0 Å². The van der Waals surface area contributed by atoms with Gasteiger partial charge in [-0.25, -0.2) is 4.79 Å². The minimum Gasteiger partial charge on any atom is -0.508 e. The predicted octanol–water partition coefficient (Wildman–Crippen LogP) is 4.84. The van der Waals surface area contributed by atoms with Gasteiger partial charge >= 0.3 is 5.97 Å². The Bertz CT molecular complexity index is 1620. The molecule has 51 heavy (non-hydrogen) atoms. The summed E-state index contributed by atoms with van der Waals surface area (Å²) in [5, 5.41) is 31.1. The van der Waals surface area contributed by atoms with Crippen molar-refractivity contribution in [1.29, 1.82) is 0 Å². The molecule has 13 nitrogen and oxygen atoms in total. The summed E-state index contributed by atoms with van der Waals surface area (Å²) >= 11 is 0. The van der Waals surface area contributed by atoms with Crippen LogP contribution in [0.5, 0.6) is 23.0 Å². The molecule has 6 rings (SSSR count). The number of aliphatic hydroxyl groups is 1. The monoisotopic (exact) mass is 712 g/mol. The maximum atomic E-state index is 13.2. The van der Waals surface area contributed by atoms with Gasteiger partial charge in [-0.2, -0.15) is 0 Å². The number of phenols is 2. The topological polar surface area (TPSA) is 169 Å². The number of ketones is 1. The molecule has 3 fully saturated rings. The fourth-order valence-corrected chi connectivity index (χ4v) is 7.15. The fourth-order valence-electron chi connectivity index (χ4n) is 7.15. The van der Waals surface area contributed by atoms with Crippen LogP contribution in [0.4, 0.5) is 0 Å². The number of carbonyl (C=O) groups is 2. The van der Waals surface area contributed by atoms with Crippen molar-refractivity contribution in [2.75, 3.05) is 26.9 Å². The molecule has 3 N–H and O–H groups in total. The van der Waals surface area contributed by atoms with Gasteiger partial charge in [-0.1, -0.05) is 19.6 Å². The maximum Gasteiger partial charge on any atom is 0.331 e. The van der Waals surface area contributed by atoms with E-state index in [4.69, 9.17) is 37.9 Å². The molecular formula is C38H48O13. The first-order valence-electron chi connectivity index (χ1n) is 17.4. The molecule has 13 heteroatoms. The predicted molar refractivity (Wildman–Crippen MR) is 181 cm³/mol. The number of benzene rings is 2. The number of methoxy groups -OCH3 is 1. The average molecular weight is 713 g/mol. The normalized spacial score (nSPS) is 31.5. The van der Waals surface area contributed by atoms with Crippen molar-refractivity contribution in [1.82, 2.24) is 0 Å². The second kappa shape index (κ2) is 15.1. The summed E-state index contributed by atoms with van der Waals surface area (Å²) < 4.78 is 48.3. The quantitative estimate of drug-likeness (QED) is 0.226. The van der Waals surface area contributed by atoms with Gasteiger partial charge in [-0.15, -0.1) is 0 Å². The van der Waals surface area contributed by atoms with Crippen molar-refractivity contribution in [2.24, 2.45) is 5.92 Å². The second-order valence-electron chi connectivity index (χ2n) is 14.4. The highest BCUT2D eigenvalue weighted by molar-refractivity contribution is 6.02. The molecule has 8 unspecified atom stereocenters. The molecule has 4 heterocycles. The molecule has 0 saturated carbocycles. The number of carbonyl (C=O) groups excluding carboxylic acids is 2. The number of phenolic OH excluding ortho intramolecular Hbond substituents is 2. The average Bonchev–Trinajstić information content (AvgIpc) is 3.07. The number of aromatic hydroxyl groups is 2. The summed E-state index contributed by atoms with van der Waals surface area (Å²) in [7, 11) is 1.29. The van der Waals surface area contributed by atoms with E-state index in [1.807, 2.05) is 13.0 Å². The Balaban J connectivity index is 1.28. The zero-order chi connectivity index (χ0) is 36.6. The van der Waals surface area contributed by atoms with Gasteiger partial charge in [0.15, 0.2) is 11.6 Å². The fraction of sp³-hybridized carbons (Fsp3) is 0.579. The van der Waals surface area contributed by atoms with E-state index in [0.29, 0.717) is 29.7 Å². The Morgan fingerprint density at radius 3 is 2.61 bits per heavy atom. The van der Waals surface area contributed by atoms with Gasteiger partial charge < -0.3 is 53.2 Å². The highest BCUT2D eigenvalue weighted by Crippen LogP contribution is 2.45. The molecule has 2 aromatic rings. The maximum absolute atomic E-state index is 13.2. The van der Waals surface area contributed by atoms with Gasteiger partial charge in [0.2, 0.25) is 0 Å². The van der Waals surface area contributed by atoms with Gasteiger partial charge in [0, 0.05) is 30.5 Å². The first-order chi connectivity index (χ1) is 24.2. The Labute approximate surface area is 297 Å². The smallest absolute Gasteiger partial charge is 0.331 e. The summed E-state index contributed by atoms with van der Waals surface area (Å²) in [6, 6.07) is 7.81. The molecule has 4 aliphatic heterocycles. The SMILES string of the molecule is C=C(COc1ccc(C2CC(=O)c3c(O)cc(O)cc3O2)cc1C1CC(OCC(=O)OC)C2OC(C)(C)OCC2O1)CC1O[C@@H](C)C(C)CC1O. The lowest BCUT2D eigenvalue weighted by Crippen LogP contribution is -2.58. The van der Waals surface area contributed by atoms with E-state index < -0.39 is 54.5 Å². The van der Waals surface area contributed by atoms with Crippen LogP contribution in [0.25, 0.3) is 0 Å². The number of aliphatic hydroxyl groups excluding tert-OH is 1. The first-order valence-corrected chi connectivity index (χ1v) is 17.4. The largest absolute Gasteiger partial charge is 0.508 e. The van der Waals surface area contributed by atoms with Crippen molar-refractivity contribution in [3.05, 3.63) is 59.2 Å². The van der Waals surface area contributed by atoms with Gasteiger partial charge in [-0.05, 0) is 56.4 Å². The summed E-state index contributed by atoms with van der Waals surface area (Å²) in [5.41, 5.74) is 2.02. The third-order valence-electron chi connectivity index (χ3n) is 10.1. The van der Waals surface area contributed by atoms with E-state index >= 15 is 0 Å². The van der Waals surface area contributed by atoms with Gasteiger partial charge in [-0.3, -0.25) is 4.79 Å². The molecule has 0 bridgehead atoms.